The van der Waals surface area contributed by atoms with Crippen LogP contribution in [0.2, 0.25) is 0 Å². The number of carbonyl (C=O) groups is 1. The number of aliphatic hydroxyl groups excluding tert-OH is 1. The van der Waals surface area contributed by atoms with Crippen LogP contribution in [0.3, 0.4) is 0 Å². The monoisotopic (exact) mass is 444 g/mol. The van der Waals surface area contributed by atoms with Crippen molar-refractivity contribution in [2.24, 2.45) is 28.6 Å². The highest BCUT2D eigenvalue weighted by molar-refractivity contribution is 5.66. The number of aliphatic hydroxyl groups is 2. The first kappa shape index (κ1) is 22.1. The SMILES string of the molecule is CC(=O)O[C@H]1C[C@]2(O)[C@@H]3CC[C@@H]4C[C@@H](O)CC[C@]4(C)[C@@H]3CC[C@]2(C)[C@@H]1c1ccc(=O)oc1. The number of hydrogen-bond acceptors (Lipinski definition) is 6. The Hall–Kier alpha value is -1.66. The first-order valence-corrected chi connectivity index (χ1v) is 12.2. The molecule has 0 radical (unpaired) electrons. The molecule has 4 saturated carbocycles. The minimum atomic E-state index is -0.957. The first-order valence-electron chi connectivity index (χ1n) is 12.2. The van der Waals surface area contributed by atoms with Gasteiger partial charge in [-0.25, -0.2) is 4.79 Å². The summed E-state index contributed by atoms with van der Waals surface area (Å²) >= 11 is 0. The summed E-state index contributed by atoms with van der Waals surface area (Å²) < 4.78 is 11.0. The van der Waals surface area contributed by atoms with Crippen LogP contribution in [0, 0.1) is 28.6 Å². The fourth-order valence-electron chi connectivity index (χ4n) is 8.67. The van der Waals surface area contributed by atoms with Gasteiger partial charge in [-0.3, -0.25) is 4.79 Å². The lowest BCUT2D eigenvalue weighted by Crippen LogP contribution is -2.62. The molecular formula is C26H36O6. The van der Waals surface area contributed by atoms with Gasteiger partial charge in [0.25, 0.3) is 0 Å². The molecule has 4 aliphatic rings. The molecule has 5 rings (SSSR count). The zero-order valence-corrected chi connectivity index (χ0v) is 19.4. The van der Waals surface area contributed by atoms with Crippen molar-refractivity contribution in [1.82, 2.24) is 0 Å². The molecule has 0 aliphatic heterocycles. The van der Waals surface area contributed by atoms with E-state index in [-0.39, 0.29) is 29.3 Å². The average Bonchev–Trinajstić information content (AvgIpc) is 2.95. The number of carbonyl (C=O) groups excluding carboxylic acids is 1. The van der Waals surface area contributed by atoms with E-state index in [1.807, 2.05) is 0 Å². The van der Waals surface area contributed by atoms with Crippen molar-refractivity contribution in [3.05, 3.63) is 34.4 Å². The second kappa shape index (κ2) is 7.42. The summed E-state index contributed by atoms with van der Waals surface area (Å²) in [6, 6.07) is 3.17. The van der Waals surface area contributed by atoms with Crippen molar-refractivity contribution < 1.29 is 24.2 Å². The van der Waals surface area contributed by atoms with Crippen molar-refractivity contribution in [2.75, 3.05) is 0 Å². The van der Waals surface area contributed by atoms with Crippen molar-refractivity contribution in [1.29, 1.82) is 0 Å². The van der Waals surface area contributed by atoms with Crippen LogP contribution in [-0.2, 0) is 9.53 Å². The second-order valence-electron chi connectivity index (χ2n) is 11.5. The number of fused-ring (bicyclic) bond motifs is 5. The summed E-state index contributed by atoms with van der Waals surface area (Å²) in [5.74, 6) is 0.469. The minimum Gasteiger partial charge on any atom is -0.462 e. The van der Waals surface area contributed by atoms with Crippen LogP contribution in [-0.4, -0.2) is 34.0 Å². The van der Waals surface area contributed by atoms with E-state index in [1.54, 1.807) is 6.07 Å². The lowest BCUT2D eigenvalue weighted by molar-refractivity contribution is -0.205. The maximum Gasteiger partial charge on any atom is 0.335 e. The van der Waals surface area contributed by atoms with Gasteiger partial charge in [-0.2, -0.15) is 0 Å². The first-order chi connectivity index (χ1) is 15.1. The predicted molar refractivity (Wildman–Crippen MR) is 118 cm³/mol. The largest absolute Gasteiger partial charge is 0.462 e. The lowest BCUT2D eigenvalue weighted by atomic mass is 9.43. The van der Waals surface area contributed by atoms with E-state index < -0.39 is 22.7 Å². The Balaban J connectivity index is 1.55. The molecular weight excluding hydrogens is 408 g/mol. The molecule has 6 heteroatoms. The third-order valence-corrected chi connectivity index (χ3v) is 10.2. The van der Waals surface area contributed by atoms with E-state index in [0.29, 0.717) is 18.3 Å². The Kier molecular flexibility index (Phi) is 5.14. The maximum absolute atomic E-state index is 12.5. The fraction of sp³-hybridized carbons (Fsp3) is 0.769. The minimum absolute atomic E-state index is 0.133. The van der Waals surface area contributed by atoms with Gasteiger partial charge in [-0.05, 0) is 79.7 Å². The van der Waals surface area contributed by atoms with Gasteiger partial charge >= 0.3 is 11.6 Å². The highest BCUT2D eigenvalue weighted by atomic mass is 16.5. The molecule has 2 N–H and O–H groups in total. The number of rotatable bonds is 2. The molecule has 0 saturated heterocycles. The molecule has 4 aliphatic carbocycles. The van der Waals surface area contributed by atoms with E-state index in [2.05, 4.69) is 13.8 Å². The van der Waals surface area contributed by atoms with Gasteiger partial charge in [0.05, 0.1) is 18.0 Å². The van der Waals surface area contributed by atoms with Crippen LogP contribution in [0.1, 0.15) is 83.6 Å². The van der Waals surface area contributed by atoms with E-state index in [1.165, 1.54) is 19.3 Å². The van der Waals surface area contributed by atoms with Gasteiger partial charge in [0.15, 0.2) is 0 Å². The molecule has 0 amide bonds. The highest BCUT2D eigenvalue weighted by Gasteiger charge is 2.70. The van der Waals surface area contributed by atoms with Crippen LogP contribution in [0.4, 0.5) is 0 Å². The Morgan fingerprint density at radius 1 is 1.12 bits per heavy atom. The van der Waals surface area contributed by atoms with Crippen LogP contribution in [0.5, 0.6) is 0 Å². The Bertz CT molecular complexity index is 935. The molecule has 0 spiro atoms. The van der Waals surface area contributed by atoms with Crippen molar-refractivity contribution in [3.8, 4) is 0 Å². The summed E-state index contributed by atoms with van der Waals surface area (Å²) in [4.78, 5) is 23.6. The van der Waals surface area contributed by atoms with Gasteiger partial charge in [-0.1, -0.05) is 13.8 Å². The maximum atomic E-state index is 12.5. The van der Waals surface area contributed by atoms with E-state index in [9.17, 15) is 19.8 Å². The molecule has 1 heterocycles. The standard InChI is InChI=1S/C26H36O6/c1-15(27)32-21-13-26(30)20-6-5-17-12-18(28)8-10-24(17,2)19(20)9-11-25(26,3)23(21)16-4-7-22(29)31-14-16/h4,7,14,17-21,23,28,30H,5-6,8-13H2,1-3H3/t17-,18+,19-,20-,21+,23-,24+,25-,26+/m1/s1. The Morgan fingerprint density at radius 3 is 2.59 bits per heavy atom. The third-order valence-electron chi connectivity index (χ3n) is 10.2. The summed E-state index contributed by atoms with van der Waals surface area (Å²) in [5, 5.41) is 22.7. The molecule has 1 aromatic rings. The quantitative estimate of drug-likeness (QED) is 0.674. The van der Waals surface area contributed by atoms with Gasteiger partial charge in [0.2, 0.25) is 0 Å². The zero-order valence-electron chi connectivity index (χ0n) is 19.4. The Morgan fingerprint density at radius 2 is 1.91 bits per heavy atom. The summed E-state index contributed by atoms with van der Waals surface area (Å²) in [6.07, 6.45) is 7.78. The molecule has 0 unspecified atom stereocenters. The van der Waals surface area contributed by atoms with Crippen LogP contribution < -0.4 is 5.63 Å². The summed E-state index contributed by atoms with van der Waals surface area (Å²) in [6.45, 7) is 5.94. The van der Waals surface area contributed by atoms with Gasteiger partial charge < -0.3 is 19.4 Å². The second-order valence-corrected chi connectivity index (χ2v) is 11.5. The van der Waals surface area contributed by atoms with Crippen LogP contribution in [0.15, 0.2) is 27.6 Å². The average molecular weight is 445 g/mol. The van der Waals surface area contributed by atoms with Crippen LogP contribution in [0.25, 0.3) is 0 Å². The Labute approximate surface area is 189 Å². The van der Waals surface area contributed by atoms with E-state index >= 15 is 0 Å². The van der Waals surface area contributed by atoms with Crippen molar-refractivity contribution in [2.45, 2.75) is 95.9 Å². The summed E-state index contributed by atoms with van der Waals surface area (Å²) in [7, 11) is 0. The molecule has 6 nitrogen and oxygen atoms in total. The summed E-state index contributed by atoms with van der Waals surface area (Å²) in [5.41, 5.74) is -0.903. The topological polar surface area (TPSA) is 97.0 Å². The molecule has 4 fully saturated rings. The zero-order chi connectivity index (χ0) is 22.9. The normalized spacial score (nSPS) is 47.8. The number of esters is 1. The van der Waals surface area contributed by atoms with Crippen molar-refractivity contribution in [3.63, 3.8) is 0 Å². The van der Waals surface area contributed by atoms with Crippen molar-refractivity contribution >= 4 is 5.97 Å². The highest BCUT2D eigenvalue weighted by Crippen LogP contribution is 2.70. The molecule has 9 atom stereocenters. The smallest absolute Gasteiger partial charge is 0.335 e. The molecule has 1 aromatic heterocycles. The van der Waals surface area contributed by atoms with Gasteiger partial charge in [0.1, 0.15) is 6.10 Å². The van der Waals surface area contributed by atoms with Gasteiger partial charge in [-0.15, -0.1) is 0 Å². The molecule has 176 valence electrons. The lowest BCUT2D eigenvalue weighted by Gasteiger charge is -2.63. The fourth-order valence-corrected chi connectivity index (χ4v) is 8.67. The predicted octanol–water partition coefficient (Wildman–Crippen LogP) is 3.78. The molecule has 32 heavy (non-hydrogen) atoms. The van der Waals surface area contributed by atoms with Crippen LogP contribution >= 0.6 is 0 Å². The number of hydrogen-bond donors (Lipinski definition) is 2. The number of ether oxygens (including phenoxy) is 1. The molecule has 0 aromatic carbocycles. The molecule has 0 bridgehead atoms. The third kappa shape index (κ3) is 3.05. The van der Waals surface area contributed by atoms with E-state index in [0.717, 1.165) is 50.5 Å². The van der Waals surface area contributed by atoms with E-state index in [4.69, 9.17) is 9.15 Å². The van der Waals surface area contributed by atoms with Gasteiger partial charge in [0, 0.05) is 30.7 Å².